The third kappa shape index (κ3) is 5.46. The first-order valence-electron chi connectivity index (χ1n) is 12.1. The van der Waals surface area contributed by atoms with Crippen molar-refractivity contribution >= 4 is 17.7 Å². The largest absolute Gasteiger partial charge is 0.467 e. The molecule has 2 saturated carbocycles. The van der Waals surface area contributed by atoms with E-state index in [1.165, 1.54) is 0 Å². The topological polar surface area (TPSA) is 91.7 Å². The van der Waals surface area contributed by atoms with Crippen molar-refractivity contribution in [2.75, 3.05) is 6.54 Å². The zero-order chi connectivity index (χ0) is 23.1. The van der Waals surface area contributed by atoms with E-state index in [-0.39, 0.29) is 36.9 Å². The van der Waals surface area contributed by atoms with Crippen LogP contribution >= 0.6 is 0 Å². The van der Waals surface area contributed by atoms with Crippen LogP contribution in [0, 0.1) is 0 Å². The van der Waals surface area contributed by atoms with Crippen LogP contribution in [0.25, 0.3) is 0 Å². The maximum absolute atomic E-state index is 13.7. The van der Waals surface area contributed by atoms with E-state index >= 15 is 0 Å². The molecule has 1 heterocycles. The van der Waals surface area contributed by atoms with Gasteiger partial charge in [0.2, 0.25) is 11.8 Å². The summed E-state index contributed by atoms with van der Waals surface area (Å²) in [6.07, 6.45) is 9.84. The number of nitrogens with zero attached hydrogens (tertiary/aromatic N) is 1. The lowest BCUT2D eigenvalue weighted by atomic mass is 9.78. The first-order valence-corrected chi connectivity index (χ1v) is 12.1. The molecule has 2 fully saturated rings. The van der Waals surface area contributed by atoms with Gasteiger partial charge >= 0.3 is 0 Å². The van der Waals surface area contributed by atoms with Crippen molar-refractivity contribution in [2.45, 2.75) is 75.9 Å². The Labute approximate surface area is 194 Å². The Balaban J connectivity index is 1.55. The Kier molecular flexibility index (Phi) is 7.47. The van der Waals surface area contributed by atoms with Gasteiger partial charge in [0.15, 0.2) is 0 Å². The van der Waals surface area contributed by atoms with Crippen molar-refractivity contribution in [1.29, 1.82) is 0 Å². The summed E-state index contributed by atoms with van der Waals surface area (Å²) in [5.41, 5.74) is -0.434. The van der Waals surface area contributed by atoms with Crippen LogP contribution in [0.5, 0.6) is 0 Å². The molecule has 0 aliphatic heterocycles. The summed E-state index contributed by atoms with van der Waals surface area (Å²) in [5, 5.41) is 5.98. The lowest BCUT2D eigenvalue weighted by molar-refractivity contribution is -0.151. The molecule has 0 saturated heterocycles. The predicted octanol–water partition coefficient (Wildman–Crippen LogP) is 3.80. The quantitative estimate of drug-likeness (QED) is 0.639. The van der Waals surface area contributed by atoms with Gasteiger partial charge in [-0.05, 0) is 49.9 Å². The van der Waals surface area contributed by atoms with Gasteiger partial charge in [0.25, 0.3) is 5.91 Å². The summed E-state index contributed by atoms with van der Waals surface area (Å²) in [7, 11) is 0. The molecule has 33 heavy (non-hydrogen) atoms. The number of rotatable bonds is 8. The minimum atomic E-state index is -0.928. The van der Waals surface area contributed by atoms with E-state index in [1.807, 2.05) is 12.1 Å². The second-order valence-electron chi connectivity index (χ2n) is 9.16. The van der Waals surface area contributed by atoms with E-state index in [1.54, 1.807) is 41.5 Å². The van der Waals surface area contributed by atoms with Crippen LogP contribution in [-0.2, 0) is 16.1 Å². The summed E-state index contributed by atoms with van der Waals surface area (Å²) in [6.45, 7) is 0.0258. The first-order chi connectivity index (χ1) is 16.1. The second-order valence-corrected chi connectivity index (χ2v) is 9.16. The molecule has 2 aliphatic rings. The summed E-state index contributed by atoms with van der Waals surface area (Å²) < 4.78 is 5.55. The number of benzene rings is 1. The van der Waals surface area contributed by atoms with Gasteiger partial charge in [-0.25, -0.2) is 0 Å². The number of nitrogens with one attached hydrogen (secondary N) is 2. The van der Waals surface area contributed by atoms with Crippen molar-refractivity contribution in [3.63, 3.8) is 0 Å². The molecule has 7 nitrogen and oxygen atoms in total. The van der Waals surface area contributed by atoms with Crippen molar-refractivity contribution in [3.8, 4) is 0 Å². The SMILES string of the molecule is O=C(NCC(=O)N(Cc1ccco1)C1(C(=O)NC2CCCC2)CCCCC1)c1ccccc1. The molecule has 4 rings (SSSR count). The fraction of sp³-hybridized carbons (Fsp3) is 0.500. The zero-order valence-corrected chi connectivity index (χ0v) is 19.1. The van der Waals surface area contributed by atoms with Gasteiger partial charge in [-0.1, -0.05) is 50.3 Å². The van der Waals surface area contributed by atoms with E-state index in [9.17, 15) is 14.4 Å². The molecule has 2 N–H and O–H groups in total. The van der Waals surface area contributed by atoms with E-state index in [4.69, 9.17) is 4.42 Å². The molecule has 3 amide bonds. The van der Waals surface area contributed by atoms with E-state index in [2.05, 4.69) is 10.6 Å². The van der Waals surface area contributed by atoms with Gasteiger partial charge < -0.3 is 20.0 Å². The Bertz CT molecular complexity index is 930. The van der Waals surface area contributed by atoms with Gasteiger partial charge in [0.1, 0.15) is 11.3 Å². The monoisotopic (exact) mass is 451 g/mol. The third-order valence-corrected chi connectivity index (χ3v) is 6.94. The molecular formula is C26H33N3O4. The molecular weight excluding hydrogens is 418 g/mol. The maximum Gasteiger partial charge on any atom is 0.251 e. The van der Waals surface area contributed by atoms with Gasteiger partial charge in [0.05, 0.1) is 19.4 Å². The molecule has 0 atom stereocenters. The second kappa shape index (κ2) is 10.7. The summed E-state index contributed by atoms with van der Waals surface area (Å²) in [5.74, 6) is -0.0334. The molecule has 7 heteroatoms. The van der Waals surface area contributed by atoms with Crippen LogP contribution in [0.4, 0.5) is 0 Å². The third-order valence-electron chi connectivity index (χ3n) is 6.94. The number of hydrogen-bond donors (Lipinski definition) is 2. The van der Waals surface area contributed by atoms with Crippen molar-refractivity contribution in [2.24, 2.45) is 0 Å². The molecule has 0 radical (unpaired) electrons. The lowest BCUT2D eigenvalue weighted by Gasteiger charge is -2.45. The highest BCUT2D eigenvalue weighted by Crippen LogP contribution is 2.36. The fourth-order valence-corrected chi connectivity index (χ4v) is 5.13. The van der Waals surface area contributed by atoms with Gasteiger partial charge in [-0.15, -0.1) is 0 Å². The normalized spacial score (nSPS) is 17.9. The molecule has 2 aromatic rings. The number of amides is 3. The Hall–Kier alpha value is -3.09. The Morgan fingerprint density at radius 1 is 0.939 bits per heavy atom. The van der Waals surface area contributed by atoms with E-state index in [0.29, 0.717) is 24.2 Å². The first kappa shape index (κ1) is 23.1. The highest BCUT2D eigenvalue weighted by molar-refractivity contribution is 5.97. The van der Waals surface area contributed by atoms with E-state index < -0.39 is 5.54 Å². The minimum absolute atomic E-state index is 0.0663. The lowest BCUT2D eigenvalue weighted by Crippen LogP contribution is -2.63. The summed E-state index contributed by atoms with van der Waals surface area (Å²) in [4.78, 5) is 41.4. The molecule has 176 valence electrons. The average Bonchev–Trinajstić information content (AvgIpc) is 3.56. The zero-order valence-electron chi connectivity index (χ0n) is 19.1. The Morgan fingerprint density at radius 3 is 2.33 bits per heavy atom. The number of carbonyl (C=O) groups is 3. The van der Waals surface area contributed by atoms with Gasteiger partial charge in [0, 0.05) is 11.6 Å². The molecule has 1 aromatic heterocycles. The molecule has 0 bridgehead atoms. The summed E-state index contributed by atoms with van der Waals surface area (Å²) in [6, 6.07) is 12.6. The molecule has 0 unspecified atom stereocenters. The minimum Gasteiger partial charge on any atom is -0.467 e. The van der Waals surface area contributed by atoms with Crippen LogP contribution in [0.15, 0.2) is 53.1 Å². The number of carbonyl (C=O) groups excluding carboxylic acids is 3. The number of furan rings is 1. The standard InChI is InChI=1S/C26H33N3O4/c30-23(18-27-24(31)20-10-3-1-4-11-20)29(19-22-14-9-17-33-22)26(15-7-2-8-16-26)25(32)28-21-12-5-6-13-21/h1,3-4,9-11,14,17,21H,2,5-8,12-13,15-16,18-19H2,(H,27,31)(H,28,32). The van der Waals surface area contributed by atoms with Gasteiger partial charge in [-0.3, -0.25) is 14.4 Å². The highest BCUT2D eigenvalue weighted by Gasteiger charge is 2.47. The predicted molar refractivity (Wildman–Crippen MR) is 124 cm³/mol. The van der Waals surface area contributed by atoms with Crippen molar-refractivity contribution in [1.82, 2.24) is 15.5 Å². The molecule has 0 spiro atoms. The number of hydrogen-bond acceptors (Lipinski definition) is 4. The van der Waals surface area contributed by atoms with Crippen molar-refractivity contribution in [3.05, 3.63) is 60.1 Å². The van der Waals surface area contributed by atoms with Crippen molar-refractivity contribution < 1.29 is 18.8 Å². The maximum atomic E-state index is 13.7. The van der Waals surface area contributed by atoms with E-state index in [0.717, 1.165) is 44.9 Å². The fourth-order valence-electron chi connectivity index (χ4n) is 5.13. The highest BCUT2D eigenvalue weighted by atomic mass is 16.3. The van der Waals surface area contributed by atoms with Crippen LogP contribution in [0.3, 0.4) is 0 Å². The Morgan fingerprint density at radius 2 is 1.67 bits per heavy atom. The smallest absolute Gasteiger partial charge is 0.251 e. The average molecular weight is 452 g/mol. The van der Waals surface area contributed by atoms with Crippen LogP contribution < -0.4 is 10.6 Å². The van der Waals surface area contributed by atoms with Crippen LogP contribution in [0.2, 0.25) is 0 Å². The molecule has 1 aromatic carbocycles. The van der Waals surface area contributed by atoms with Crippen LogP contribution in [0.1, 0.15) is 73.9 Å². The summed E-state index contributed by atoms with van der Waals surface area (Å²) >= 11 is 0. The van der Waals surface area contributed by atoms with Crippen LogP contribution in [-0.4, -0.2) is 40.7 Å². The van der Waals surface area contributed by atoms with Gasteiger partial charge in [-0.2, -0.15) is 0 Å². The molecule has 2 aliphatic carbocycles.